The van der Waals surface area contributed by atoms with Crippen molar-refractivity contribution in [2.24, 2.45) is 0 Å². The number of aromatic nitrogens is 2. The van der Waals surface area contributed by atoms with Crippen LogP contribution in [0.2, 0.25) is 5.02 Å². The first-order valence-electron chi connectivity index (χ1n) is 5.14. The van der Waals surface area contributed by atoms with Crippen LogP contribution in [0.25, 0.3) is 11.0 Å². The molecule has 3 nitrogen and oxygen atoms in total. The minimum atomic E-state index is 0.619. The minimum absolute atomic E-state index is 0.619. The molecule has 0 aliphatic carbocycles. The van der Waals surface area contributed by atoms with Crippen LogP contribution in [-0.2, 0) is 6.54 Å². The highest BCUT2D eigenvalue weighted by molar-refractivity contribution is 7.71. The Balaban J connectivity index is 2.16. The monoisotopic (exact) mass is 264 g/mol. The number of nitrogens with zero attached hydrogens (tertiary/aromatic N) is 1. The molecule has 0 atom stereocenters. The summed E-state index contributed by atoms with van der Waals surface area (Å²) in [6.07, 6.45) is 1.66. The summed E-state index contributed by atoms with van der Waals surface area (Å²) in [6, 6.07) is 9.46. The van der Waals surface area contributed by atoms with Gasteiger partial charge in [-0.05, 0) is 42.5 Å². The summed E-state index contributed by atoms with van der Waals surface area (Å²) in [6.45, 7) is 0.619. The van der Waals surface area contributed by atoms with Gasteiger partial charge in [0.15, 0.2) is 4.77 Å². The molecule has 0 saturated heterocycles. The number of aromatic amines is 1. The number of imidazole rings is 1. The van der Waals surface area contributed by atoms with Gasteiger partial charge in [-0.15, -0.1) is 0 Å². The number of hydrogen-bond acceptors (Lipinski definition) is 2. The lowest BCUT2D eigenvalue weighted by atomic mass is 10.3. The van der Waals surface area contributed by atoms with Gasteiger partial charge in [-0.25, -0.2) is 0 Å². The van der Waals surface area contributed by atoms with Crippen molar-refractivity contribution in [3.8, 4) is 0 Å². The molecule has 0 saturated carbocycles. The van der Waals surface area contributed by atoms with Crippen LogP contribution in [0.1, 0.15) is 5.76 Å². The van der Waals surface area contributed by atoms with E-state index in [1.807, 2.05) is 34.9 Å². The molecule has 0 spiro atoms. The number of halogens is 1. The molecule has 0 radical (unpaired) electrons. The van der Waals surface area contributed by atoms with E-state index >= 15 is 0 Å². The van der Waals surface area contributed by atoms with Gasteiger partial charge < -0.3 is 14.0 Å². The smallest absolute Gasteiger partial charge is 0.178 e. The van der Waals surface area contributed by atoms with E-state index in [-0.39, 0.29) is 0 Å². The van der Waals surface area contributed by atoms with E-state index < -0.39 is 0 Å². The zero-order valence-electron chi connectivity index (χ0n) is 8.81. The molecule has 2 heterocycles. The van der Waals surface area contributed by atoms with Crippen LogP contribution < -0.4 is 0 Å². The third-order valence-corrected chi connectivity index (χ3v) is 3.19. The zero-order chi connectivity index (χ0) is 11.8. The number of H-pyrrole nitrogens is 1. The quantitative estimate of drug-likeness (QED) is 0.710. The third kappa shape index (κ3) is 1.90. The molecule has 86 valence electrons. The average Bonchev–Trinajstić information content (AvgIpc) is 2.88. The fourth-order valence-electron chi connectivity index (χ4n) is 1.85. The first-order chi connectivity index (χ1) is 8.24. The molecule has 5 heteroatoms. The Morgan fingerprint density at radius 2 is 2.24 bits per heavy atom. The zero-order valence-corrected chi connectivity index (χ0v) is 10.4. The molecule has 0 bridgehead atoms. The van der Waals surface area contributed by atoms with Crippen molar-refractivity contribution in [1.29, 1.82) is 0 Å². The number of hydrogen-bond donors (Lipinski definition) is 1. The number of fused-ring (bicyclic) bond motifs is 1. The van der Waals surface area contributed by atoms with Crippen molar-refractivity contribution < 1.29 is 4.42 Å². The van der Waals surface area contributed by atoms with Gasteiger partial charge in [0.2, 0.25) is 0 Å². The Morgan fingerprint density at radius 1 is 1.35 bits per heavy atom. The van der Waals surface area contributed by atoms with Crippen LogP contribution >= 0.6 is 23.8 Å². The Morgan fingerprint density at radius 3 is 3.00 bits per heavy atom. The van der Waals surface area contributed by atoms with Crippen LogP contribution in [0.5, 0.6) is 0 Å². The standard InChI is InChI=1S/C12H9ClN2OS/c13-8-3-4-11-10(6-8)14-12(17)15(11)7-9-2-1-5-16-9/h1-6H,7H2,(H,14,17). The molecule has 1 aromatic carbocycles. The third-order valence-electron chi connectivity index (χ3n) is 2.63. The normalized spacial score (nSPS) is 11.1. The summed E-state index contributed by atoms with van der Waals surface area (Å²) >= 11 is 11.2. The molecule has 17 heavy (non-hydrogen) atoms. The summed E-state index contributed by atoms with van der Waals surface area (Å²) in [4.78, 5) is 3.13. The van der Waals surface area contributed by atoms with Crippen molar-refractivity contribution in [3.05, 3.63) is 52.1 Å². The van der Waals surface area contributed by atoms with Crippen LogP contribution in [-0.4, -0.2) is 9.55 Å². The summed E-state index contributed by atoms with van der Waals surface area (Å²) in [5.74, 6) is 0.872. The molecular weight excluding hydrogens is 256 g/mol. The molecule has 1 N–H and O–H groups in total. The maximum atomic E-state index is 5.94. The highest BCUT2D eigenvalue weighted by Crippen LogP contribution is 2.20. The van der Waals surface area contributed by atoms with Crippen LogP contribution in [0.4, 0.5) is 0 Å². The van der Waals surface area contributed by atoms with Gasteiger partial charge in [0.25, 0.3) is 0 Å². The number of nitrogens with one attached hydrogen (secondary N) is 1. The van der Waals surface area contributed by atoms with Crippen LogP contribution in [0, 0.1) is 4.77 Å². The minimum Gasteiger partial charge on any atom is -0.467 e. The van der Waals surface area contributed by atoms with E-state index in [0.29, 0.717) is 16.3 Å². The van der Waals surface area contributed by atoms with E-state index in [2.05, 4.69) is 4.98 Å². The van der Waals surface area contributed by atoms with Crippen molar-refractivity contribution >= 4 is 34.9 Å². The summed E-state index contributed by atoms with van der Waals surface area (Å²) in [5, 5.41) is 0.693. The lowest BCUT2D eigenvalue weighted by Crippen LogP contribution is -1.97. The van der Waals surface area contributed by atoms with Crippen LogP contribution in [0.3, 0.4) is 0 Å². The van der Waals surface area contributed by atoms with Crippen molar-refractivity contribution in [3.63, 3.8) is 0 Å². The Labute approximate surface area is 108 Å². The first kappa shape index (κ1) is 10.6. The lowest BCUT2D eigenvalue weighted by molar-refractivity contribution is 0.495. The molecule has 0 unspecified atom stereocenters. The second kappa shape index (κ2) is 4.05. The van der Waals surface area contributed by atoms with E-state index in [1.54, 1.807) is 6.26 Å². The van der Waals surface area contributed by atoms with E-state index in [1.165, 1.54) is 0 Å². The topological polar surface area (TPSA) is 33.9 Å². The predicted molar refractivity (Wildman–Crippen MR) is 69.9 cm³/mol. The second-order valence-corrected chi connectivity index (χ2v) is 4.58. The van der Waals surface area contributed by atoms with E-state index in [9.17, 15) is 0 Å². The highest BCUT2D eigenvalue weighted by Gasteiger charge is 2.06. The SMILES string of the molecule is S=c1[nH]c2cc(Cl)ccc2n1Cc1ccco1. The highest BCUT2D eigenvalue weighted by atomic mass is 35.5. The molecule has 0 aliphatic heterocycles. The number of benzene rings is 1. The lowest BCUT2D eigenvalue weighted by Gasteiger charge is -2.01. The van der Waals surface area contributed by atoms with Gasteiger partial charge in [0.05, 0.1) is 23.8 Å². The second-order valence-electron chi connectivity index (χ2n) is 3.76. The van der Waals surface area contributed by atoms with Gasteiger partial charge in [-0.1, -0.05) is 11.6 Å². The molecule has 0 amide bonds. The van der Waals surface area contributed by atoms with Gasteiger partial charge in [0, 0.05) is 5.02 Å². The summed E-state index contributed by atoms with van der Waals surface area (Å²) in [7, 11) is 0. The van der Waals surface area contributed by atoms with E-state index in [0.717, 1.165) is 16.8 Å². The Hall–Kier alpha value is -1.52. The van der Waals surface area contributed by atoms with Gasteiger partial charge in [0.1, 0.15) is 5.76 Å². The van der Waals surface area contributed by atoms with Gasteiger partial charge in [-0.3, -0.25) is 0 Å². The largest absolute Gasteiger partial charge is 0.467 e. The molecular formula is C12H9ClN2OS. The summed E-state index contributed by atoms with van der Waals surface area (Å²) < 4.78 is 7.98. The van der Waals surface area contributed by atoms with Gasteiger partial charge in [-0.2, -0.15) is 0 Å². The average molecular weight is 265 g/mol. The summed E-state index contributed by atoms with van der Waals surface area (Å²) in [5.41, 5.74) is 1.96. The molecule has 3 rings (SSSR count). The predicted octanol–water partition coefficient (Wildman–Crippen LogP) is 3.99. The van der Waals surface area contributed by atoms with Gasteiger partial charge >= 0.3 is 0 Å². The van der Waals surface area contributed by atoms with Crippen molar-refractivity contribution in [2.75, 3.05) is 0 Å². The molecule has 0 fully saturated rings. The van der Waals surface area contributed by atoms with Crippen molar-refractivity contribution in [1.82, 2.24) is 9.55 Å². The fraction of sp³-hybridized carbons (Fsp3) is 0.0833. The Kier molecular flexibility index (Phi) is 2.53. The van der Waals surface area contributed by atoms with E-state index in [4.69, 9.17) is 28.2 Å². The number of rotatable bonds is 2. The molecule has 3 aromatic rings. The molecule has 0 aliphatic rings. The number of furan rings is 1. The van der Waals surface area contributed by atoms with Crippen LogP contribution in [0.15, 0.2) is 41.0 Å². The first-order valence-corrected chi connectivity index (χ1v) is 5.93. The maximum absolute atomic E-state index is 5.94. The fourth-order valence-corrected chi connectivity index (χ4v) is 2.30. The Bertz CT molecular complexity index is 712. The molecule has 2 aromatic heterocycles. The maximum Gasteiger partial charge on any atom is 0.178 e. The van der Waals surface area contributed by atoms with Crippen molar-refractivity contribution in [2.45, 2.75) is 6.54 Å².